The van der Waals surface area contributed by atoms with E-state index in [0.29, 0.717) is 31.1 Å². The first kappa shape index (κ1) is 13.1. The fraction of sp³-hybridized carbons (Fsp3) is 0.214. The van der Waals surface area contributed by atoms with Crippen molar-refractivity contribution >= 4 is 5.91 Å². The lowest BCUT2D eigenvalue weighted by molar-refractivity contribution is 0.0924. The molecule has 0 aliphatic heterocycles. The molecule has 2 rings (SSSR count). The van der Waals surface area contributed by atoms with Crippen molar-refractivity contribution < 1.29 is 18.3 Å². The van der Waals surface area contributed by atoms with Gasteiger partial charge < -0.3 is 14.5 Å². The van der Waals surface area contributed by atoms with Gasteiger partial charge in [-0.25, -0.2) is 4.39 Å². The zero-order valence-electron chi connectivity index (χ0n) is 10.3. The lowest BCUT2D eigenvalue weighted by Gasteiger charge is -2.06. The van der Waals surface area contributed by atoms with Crippen LogP contribution in [0, 0.1) is 5.82 Å². The van der Waals surface area contributed by atoms with Crippen molar-refractivity contribution in [3.8, 4) is 5.75 Å². The molecule has 0 fully saturated rings. The third-order valence-corrected chi connectivity index (χ3v) is 2.43. The van der Waals surface area contributed by atoms with E-state index in [2.05, 4.69) is 5.32 Å². The first-order valence-electron chi connectivity index (χ1n) is 5.96. The molecular weight excluding hydrogens is 249 g/mol. The van der Waals surface area contributed by atoms with E-state index < -0.39 is 0 Å². The molecule has 4 nitrogen and oxygen atoms in total. The second kappa shape index (κ2) is 6.58. The summed E-state index contributed by atoms with van der Waals surface area (Å²) in [5.74, 6) is 0.364. The Morgan fingerprint density at radius 3 is 2.74 bits per heavy atom. The van der Waals surface area contributed by atoms with Crippen LogP contribution >= 0.6 is 0 Å². The van der Waals surface area contributed by atoms with Gasteiger partial charge in [0.2, 0.25) is 0 Å². The van der Waals surface area contributed by atoms with Crippen LogP contribution in [0.15, 0.2) is 47.1 Å². The number of ether oxygens (including phenoxy) is 1. The normalized spacial score (nSPS) is 10.2. The average Bonchev–Trinajstić information content (AvgIpc) is 2.94. The minimum absolute atomic E-state index is 0.244. The SMILES string of the molecule is O=C(NCCCOc1ccc(F)cc1)c1ccco1. The number of benzene rings is 1. The summed E-state index contributed by atoms with van der Waals surface area (Å²) in [6, 6.07) is 9.08. The van der Waals surface area contributed by atoms with Gasteiger partial charge in [-0.3, -0.25) is 4.79 Å². The number of hydrogen-bond donors (Lipinski definition) is 1. The van der Waals surface area contributed by atoms with Gasteiger partial charge in [-0.2, -0.15) is 0 Å². The molecule has 0 unspecified atom stereocenters. The van der Waals surface area contributed by atoms with E-state index in [9.17, 15) is 9.18 Å². The van der Waals surface area contributed by atoms with E-state index in [-0.39, 0.29) is 11.7 Å². The van der Waals surface area contributed by atoms with E-state index >= 15 is 0 Å². The standard InChI is InChI=1S/C14H14FNO3/c15-11-4-6-12(7-5-11)18-10-2-8-16-14(17)13-3-1-9-19-13/h1,3-7,9H,2,8,10H2,(H,16,17). The number of hydrogen-bond acceptors (Lipinski definition) is 3. The van der Waals surface area contributed by atoms with E-state index in [1.807, 2.05) is 0 Å². The average molecular weight is 263 g/mol. The Balaban J connectivity index is 1.62. The maximum atomic E-state index is 12.6. The molecule has 2 aromatic rings. The topological polar surface area (TPSA) is 51.5 Å². The lowest BCUT2D eigenvalue weighted by atomic mass is 10.3. The van der Waals surface area contributed by atoms with Gasteiger partial charge in [0.25, 0.3) is 5.91 Å². The van der Waals surface area contributed by atoms with Crippen LogP contribution in [0.2, 0.25) is 0 Å². The van der Waals surface area contributed by atoms with Crippen LogP contribution in [0.4, 0.5) is 4.39 Å². The lowest BCUT2D eigenvalue weighted by Crippen LogP contribution is -2.25. The van der Waals surface area contributed by atoms with E-state index in [1.54, 1.807) is 24.3 Å². The molecule has 0 bridgehead atoms. The maximum Gasteiger partial charge on any atom is 0.286 e. The monoisotopic (exact) mass is 263 g/mol. The molecule has 1 heterocycles. The molecular formula is C14H14FNO3. The van der Waals surface area contributed by atoms with E-state index in [1.165, 1.54) is 18.4 Å². The molecule has 19 heavy (non-hydrogen) atoms. The van der Waals surface area contributed by atoms with Crippen LogP contribution in [-0.4, -0.2) is 19.1 Å². The minimum atomic E-state index is -0.293. The number of amides is 1. The quantitative estimate of drug-likeness (QED) is 0.815. The molecule has 1 N–H and O–H groups in total. The third-order valence-electron chi connectivity index (χ3n) is 2.43. The summed E-state index contributed by atoms with van der Waals surface area (Å²) in [7, 11) is 0. The number of rotatable bonds is 6. The zero-order valence-corrected chi connectivity index (χ0v) is 10.3. The fourth-order valence-corrected chi connectivity index (χ4v) is 1.49. The molecule has 0 spiro atoms. The van der Waals surface area contributed by atoms with Gasteiger partial charge in [0.15, 0.2) is 5.76 Å². The highest BCUT2D eigenvalue weighted by molar-refractivity contribution is 5.91. The van der Waals surface area contributed by atoms with Crippen LogP contribution in [-0.2, 0) is 0 Å². The molecule has 0 aliphatic rings. The molecule has 0 radical (unpaired) electrons. The molecule has 0 saturated carbocycles. The van der Waals surface area contributed by atoms with Gasteiger partial charge in [-0.15, -0.1) is 0 Å². The van der Waals surface area contributed by atoms with Crippen LogP contribution in [0.3, 0.4) is 0 Å². The Kier molecular flexibility index (Phi) is 4.55. The summed E-state index contributed by atoms with van der Waals surface area (Å²) in [4.78, 5) is 11.5. The summed E-state index contributed by atoms with van der Waals surface area (Å²) in [5.41, 5.74) is 0. The van der Waals surface area contributed by atoms with Crippen molar-refractivity contribution in [1.82, 2.24) is 5.32 Å². The van der Waals surface area contributed by atoms with E-state index in [4.69, 9.17) is 9.15 Å². The molecule has 0 saturated heterocycles. The van der Waals surface area contributed by atoms with Crippen molar-refractivity contribution in [3.05, 3.63) is 54.2 Å². The molecule has 0 atom stereocenters. The zero-order chi connectivity index (χ0) is 13.5. The Morgan fingerprint density at radius 2 is 2.05 bits per heavy atom. The number of halogens is 1. The summed E-state index contributed by atoms with van der Waals surface area (Å²) in [5, 5.41) is 2.71. The summed E-state index contributed by atoms with van der Waals surface area (Å²) < 4.78 is 23.0. The maximum absolute atomic E-state index is 12.6. The Bertz CT molecular complexity index is 508. The predicted octanol–water partition coefficient (Wildman–Crippen LogP) is 2.62. The van der Waals surface area contributed by atoms with Gasteiger partial charge in [0, 0.05) is 6.54 Å². The summed E-state index contributed by atoms with van der Waals surface area (Å²) in [6.45, 7) is 0.935. The highest BCUT2D eigenvalue weighted by atomic mass is 19.1. The van der Waals surface area contributed by atoms with Crippen molar-refractivity contribution in [3.63, 3.8) is 0 Å². The van der Waals surface area contributed by atoms with Crippen molar-refractivity contribution in [2.45, 2.75) is 6.42 Å². The van der Waals surface area contributed by atoms with Crippen LogP contribution in [0.25, 0.3) is 0 Å². The van der Waals surface area contributed by atoms with Crippen molar-refractivity contribution in [1.29, 1.82) is 0 Å². The Morgan fingerprint density at radius 1 is 1.26 bits per heavy atom. The molecule has 100 valence electrons. The second-order valence-electron chi connectivity index (χ2n) is 3.89. The highest BCUT2D eigenvalue weighted by Gasteiger charge is 2.06. The first-order valence-corrected chi connectivity index (χ1v) is 5.96. The van der Waals surface area contributed by atoms with Gasteiger partial charge in [0.1, 0.15) is 11.6 Å². The molecule has 1 amide bonds. The number of nitrogens with one attached hydrogen (secondary N) is 1. The number of carbonyl (C=O) groups is 1. The minimum Gasteiger partial charge on any atom is -0.494 e. The molecule has 1 aromatic heterocycles. The smallest absolute Gasteiger partial charge is 0.286 e. The summed E-state index contributed by atoms with van der Waals surface area (Å²) in [6.07, 6.45) is 2.11. The van der Waals surface area contributed by atoms with Crippen molar-refractivity contribution in [2.75, 3.05) is 13.2 Å². The molecule has 5 heteroatoms. The predicted molar refractivity (Wildman–Crippen MR) is 67.6 cm³/mol. The van der Waals surface area contributed by atoms with Gasteiger partial charge in [-0.1, -0.05) is 0 Å². The third kappa shape index (κ3) is 4.13. The second-order valence-corrected chi connectivity index (χ2v) is 3.89. The summed E-state index contributed by atoms with van der Waals surface area (Å²) >= 11 is 0. The highest BCUT2D eigenvalue weighted by Crippen LogP contribution is 2.10. The van der Waals surface area contributed by atoms with Crippen LogP contribution in [0.5, 0.6) is 5.75 Å². The number of furan rings is 1. The van der Waals surface area contributed by atoms with Crippen LogP contribution in [0.1, 0.15) is 17.0 Å². The van der Waals surface area contributed by atoms with E-state index in [0.717, 1.165) is 0 Å². The first-order chi connectivity index (χ1) is 9.25. The van der Waals surface area contributed by atoms with Crippen LogP contribution < -0.4 is 10.1 Å². The molecule has 1 aromatic carbocycles. The Labute approximate surface area is 110 Å². The van der Waals surface area contributed by atoms with Crippen molar-refractivity contribution in [2.24, 2.45) is 0 Å². The van der Waals surface area contributed by atoms with Gasteiger partial charge in [0.05, 0.1) is 12.9 Å². The van der Waals surface area contributed by atoms with Gasteiger partial charge in [-0.05, 0) is 42.8 Å². The molecule has 0 aliphatic carbocycles. The fourth-order valence-electron chi connectivity index (χ4n) is 1.49. The van der Waals surface area contributed by atoms with Gasteiger partial charge >= 0.3 is 0 Å². The largest absolute Gasteiger partial charge is 0.494 e. The Hall–Kier alpha value is -2.30. The number of carbonyl (C=O) groups excluding carboxylic acids is 1.